The first-order chi connectivity index (χ1) is 8.04. The molecule has 0 spiro atoms. The lowest BCUT2D eigenvalue weighted by molar-refractivity contribution is 0.218. The van der Waals surface area contributed by atoms with Crippen molar-refractivity contribution in [2.75, 3.05) is 0 Å². The van der Waals surface area contributed by atoms with E-state index >= 15 is 0 Å². The van der Waals surface area contributed by atoms with Crippen LogP contribution in [-0.4, -0.2) is 24.7 Å². The van der Waals surface area contributed by atoms with E-state index in [1.165, 1.54) is 0 Å². The first kappa shape index (κ1) is 12.3. The molecule has 17 heavy (non-hydrogen) atoms. The van der Waals surface area contributed by atoms with Gasteiger partial charge in [0.2, 0.25) is 0 Å². The molecular weight excluding hydrogens is 284 g/mol. The van der Waals surface area contributed by atoms with Gasteiger partial charge in [0, 0.05) is 30.9 Å². The minimum Gasteiger partial charge on any atom is -0.383 e. The Morgan fingerprint density at radius 3 is 2.65 bits per heavy atom. The molecule has 2 rings (SSSR count). The number of hydrogen-bond acceptors (Lipinski definition) is 3. The molecule has 0 aliphatic rings. The molecule has 2 heterocycles. The standard InChI is InChI=1S/C11H15BrN4O/c1-4-16-11(12)8(5-13-16)10(17)9-6-15(3)14-7(9)2/h5-6,10,17H,4H2,1-3H3. The monoisotopic (exact) mass is 298 g/mol. The lowest BCUT2D eigenvalue weighted by atomic mass is 10.1. The van der Waals surface area contributed by atoms with E-state index in [0.717, 1.165) is 28.0 Å². The fourth-order valence-corrected chi connectivity index (χ4v) is 2.50. The van der Waals surface area contributed by atoms with Gasteiger partial charge in [0.25, 0.3) is 0 Å². The van der Waals surface area contributed by atoms with Crippen molar-refractivity contribution in [3.05, 3.63) is 33.8 Å². The van der Waals surface area contributed by atoms with Crippen LogP contribution >= 0.6 is 15.9 Å². The molecule has 0 aliphatic heterocycles. The van der Waals surface area contributed by atoms with Crippen molar-refractivity contribution < 1.29 is 5.11 Å². The highest BCUT2D eigenvalue weighted by Gasteiger charge is 2.20. The minimum atomic E-state index is -0.696. The zero-order valence-corrected chi connectivity index (χ0v) is 11.6. The van der Waals surface area contributed by atoms with Crippen LogP contribution in [0.2, 0.25) is 0 Å². The lowest BCUT2D eigenvalue weighted by Gasteiger charge is -2.08. The number of nitrogens with zero attached hydrogens (tertiary/aromatic N) is 4. The highest BCUT2D eigenvalue weighted by molar-refractivity contribution is 9.10. The van der Waals surface area contributed by atoms with E-state index in [1.807, 2.05) is 27.1 Å². The van der Waals surface area contributed by atoms with Gasteiger partial charge in [0.05, 0.1) is 11.9 Å². The molecule has 5 nitrogen and oxygen atoms in total. The summed E-state index contributed by atoms with van der Waals surface area (Å²) in [5.74, 6) is 0. The Morgan fingerprint density at radius 2 is 2.18 bits per heavy atom. The second kappa shape index (κ2) is 4.62. The number of hydrogen-bond donors (Lipinski definition) is 1. The molecule has 1 N–H and O–H groups in total. The fraction of sp³-hybridized carbons (Fsp3) is 0.455. The van der Waals surface area contributed by atoms with Gasteiger partial charge in [0.1, 0.15) is 10.7 Å². The van der Waals surface area contributed by atoms with Gasteiger partial charge in [-0.05, 0) is 29.8 Å². The van der Waals surface area contributed by atoms with Gasteiger partial charge >= 0.3 is 0 Å². The van der Waals surface area contributed by atoms with E-state index in [1.54, 1.807) is 15.6 Å². The van der Waals surface area contributed by atoms with Gasteiger partial charge in [-0.25, -0.2) is 0 Å². The Kier molecular flexibility index (Phi) is 3.35. The molecule has 0 aromatic carbocycles. The Labute approximate surface area is 108 Å². The van der Waals surface area contributed by atoms with E-state index in [4.69, 9.17) is 0 Å². The van der Waals surface area contributed by atoms with Crippen molar-refractivity contribution in [1.82, 2.24) is 19.6 Å². The summed E-state index contributed by atoms with van der Waals surface area (Å²) in [7, 11) is 1.84. The highest BCUT2D eigenvalue weighted by atomic mass is 79.9. The summed E-state index contributed by atoms with van der Waals surface area (Å²) in [6.45, 7) is 4.65. The maximum Gasteiger partial charge on any atom is 0.111 e. The summed E-state index contributed by atoms with van der Waals surface area (Å²) < 4.78 is 4.31. The van der Waals surface area contributed by atoms with Gasteiger partial charge in [-0.3, -0.25) is 9.36 Å². The van der Waals surface area contributed by atoms with Crippen molar-refractivity contribution in [1.29, 1.82) is 0 Å². The Bertz CT molecular complexity index is 532. The van der Waals surface area contributed by atoms with E-state index < -0.39 is 6.10 Å². The number of halogens is 1. The SMILES string of the molecule is CCn1ncc(C(O)c2cn(C)nc2C)c1Br. The molecule has 0 amide bonds. The third-order valence-corrected chi connectivity index (χ3v) is 3.61. The van der Waals surface area contributed by atoms with Crippen LogP contribution in [0.15, 0.2) is 17.0 Å². The predicted molar refractivity (Wildman–Crippen MR) is 67.6 cm³/mol. The van der Waals surface area contributed by atoms with Crippen LogP contribution in [0.5, 0.6) is 0 Å². The molecule has 0 bridgehead atoms. The van der Waals surface area contributed by atoms with Crippen molar-refractivity contribution in [2.45, 2.75) is 26.5 Å². The minimum absolute atomic E-state index is 0.696. The van der Waals surface area contributed by atoms with Crippen LogP contribution < -0.4 is 0 Å². The quantitative estimate of drug-likeness (QED) is 0.940. The van der Waals surface area contributed by atoms with Crippen molar-refractivity contribution in [2.24, 2.45) is 7.05 Å². The maximum atomic E-state index is 10.3. The first-order valence-corrected chi connectivity index (χ1v) is 6.23. The molecule has 6 heteroatoms. The summed E-state index contributed by atoms with van der Waals surface area (Å²) in [6, 6.07) is 0. The first-order valence-electron chi connectivity index (χ1n) is 5.44. The molecule has 0 radical (unpaired) electrons. The van der Waals surface area contributed by atoms with Gasteiger partial charge in [-0.1, -0.05) is 0 Å². The molecule has 2 aromatic rings. The van der Waals surface area contributed by atoms with Crippen LogP contribution in [-0.2, 0) is 13.6 Å². The maximum absolute atomic E-state index is 10.3. The number of aromatic nitrogens is 4. The van der Waals surface area contributed by atoms with Crippen LogP contribution in [0.1, 0.15) is 29.8 Å². The normalized spacial score (nSPS) is 13.0. The summed E-state index contributed by atoms with van der Waals surface area (Å²) in [6.07, 6.45) is 2.82. The average molecular weight is 299 g/mol. The number of rotatable bonds is 3. The molecule has 2 aromatic heterocycles. The van der Waals surface area contributed by atoms with Crippen LogP contribution in [0.4, 0.5) is 0 Å². The van der Waals surface area contributed by atoms with E-state index in [2.05, 4.69) is 26.1 Å². The van der Waals surface area contributed by atoms with E-state index in [0.29, 0.717) is 0 Å². The lowest BCUT2D eigenvalue weighted by Crippen LogP contribution is -2.02. The summed E-state index contributed by atoms with van der Waals surface area (Å²) >= 11 is 3.45. The molecule has 0 fully saturated rings. The molecule has 1 unspecified atom stereocenters. The predicted octanol–water partition coefficient (Wildman–Crippen LogP) is 1.79. The Morgan fingerprint density at radius 1 is 1.47 bits per heavy atom. The van der Waals surface area contributed by atoms with Crippen molar-refractivity contribution >= 4 is 15.9 Å². The molecule has 1 atom stereocenters. The Hall–Kier alpha value is -1.14. The second-order valence-electron chi connectivity index (χ2n) is 3.95. The van der Waals surface area contributed by atoms with Gasteiger partial charge in [-0.2, -0.15) is 10.2 Å². The summed E-state index contributed by atoms with van der Waals surface area (Å²) in [4.78, 5) is 0. The molecule has 0 aliphatic carbocycles. The molecule has 92 valence electrons. The molecule has 0 saturated heterocycles. The zero-order valence-electron chi connectivity index (χ0n) is 10.1. The third kappa shape index (κ3) is 2.14. The van der Waals surface area contributed by atoms with Gasteiger partial charge < -0.3 is 5.11 Å². The summed E-state index contributed by atoms with van der Waals surface area (Å²) in [5, 5.41) is 18.8. The van der Waals surface area contributed by atoms with Gasteiger partial charge in [0.15, 0.2) is 0 Å². The molecule has 0 saturated carbocycles. The summed E-state index contributed by atoms with van der Waals surface area (Å²) in [5.41, 5.74) is 2.41. The van der Waals surface area contributed by atoms with E-state index in [9.17, 15) is 5.11 Å². The van der Waals surface area contributed by atoms with Crippen molar-refractivity contribution in [3.8, 4) is 0 Å². The average Bonchev–Trinajstić information content (AvgIpc) is 2.81. The van der Waals surface area contributed by atoms with Crippen LogP contribution in [0, 0.1) is 6.92 Å². The highest BCUT2D eigenvalue weighted by Crippen LogP contribution is 2.29. The van der Waals surface area contributed by atoms with Gasteiger partial charge in [-0.15, -0.1) is 0 Å². The Balaban J connectivity index is 2.40. The zero-order chi connectivity index (χ0) is 12.6. The number of aliphatic hydroxyl groups excluding tert-OH is 1. The fourth-order valence-electron chi connectivity index (χ4n) is 1.84. The third-order valence-electron chi connectivity index (χ3n) is 2.74. The van der Waals surface area contributed by atoms with Crippen LogP contribution in [0.3, 0.4) is 0 Å². The topological polar surface area (TPSA) is 55.9 Å². The second-order valence-corrected chi connectivity index (χ2v) is 4.70. The van der Waals surface area contributed by atoms with Crippen LogP contribution in [0.25, 0.3) is 0 Å². The van der Waals surface area contributed by atoms with E-state index in [-0.39, 0.29) is 0 Å². The largest absolute Gasteiger partial charge is 0.383 e. The molecular formula is C11H15BrN4O. The smallest absolute Gasteiger partial charge is 0.111 e. The number of aliphatic hydroxyl groups is 1. The number of aryl methyl sites for hydroxylation is 3. The van der Waals surface area contributed by atoms with Crippen molar-refractivity contribution in [3.63, 3.8) is 0 Å².